The highest BCUT2D eigenvalue weighted by atomic mass is 16.5. The minimum Gasteiger partial charge on any atom is -0.379 e. The topological polar surface area (TPSA) is 41.6 Å². The predicted molar refractivity (Wildman–Crippen MR) is 103 cm³/mol. The zero-order chi connectivity index (χ0) is 17.8. The van der Waals surface area contributed by atoms with Gasteiger partial charge in [0.15, 0.2) is 0 Å². The highest BCUT2D eigenvalue weighted by molar-refractivity contribution is 5.94. The van der Waals surface area contributed by atoms with E-state index in [1.165, 1.54) is 37.1 Å². The van der Waals surface area contributed by atoms with Gasteiger partial charge in [-0.25, -0.2) is 0 Å². The standard InChI is InChI=1S/C22H26N2O2/c25-22(23-21-11-14-26-16-21)20-9-7-19(8-10-20)18-5-3-17(4-6-18)15-24-12-1-2-13-24/h3-10,21H,1-2,11-16H2,(H,23,25)/t21-/m0/s1. The fraction of sp³-hybridized carbons (Fsp3) is 0.409. The molecule has 2 saturated heterocycles. The molecule has 4 nitrogen and oxygen atoms in total. The van der Waals surface area contributed by atoms with E-state index in [2.05, 4.69) is 34.5 Å². The molecule has 2 aliphatic heterocycles. The largest absolute Gasteiger partial charge is 0.379 e. The Balaban J connectivity index is 1.38. The third-order valence-corrected chi connectivity index (χ3v) is 5.30. The molecule has 4 rings (SSSR count). The van der Waals surface area contributed by atoms with E-state index >= 15 is 0 Å². The molecule has 2 fully saturated rings. The molecule has 1 N–H and O–H groups in total. The van der Waals surface area contributed by atoms with Crippen LogP contribution in [-0.2, 0) is 11.3 Å². The number of nitrogens with one attached hydrogen (secondary N) is 1. The van der Waals surface area contributed by atoms with Gasteiger partial charge in [-0.1, -0.05) is 36.4 Å². The molecule has 0 unspecified atom stereocenters. The molecule has 2 aromatic rings. The molecule has 1 amide bonds. The summed E-state index contributed by atoms with van der Waals surface area (Å²) in [7, 11) is 0. The van der Waals surface area contributed by atoms with Gasteiger partial charge in [-0.3, -0.25) is 9.69 Å². The van der Waals surface area contributed by atoms with E-state index in [0.717, 1.165) is 25.1 Å². The summed E-state index contributed by atoms with van der Waals surface area (Å²) in [5.74, 6) is -0.0204. The summed E-state index contributed by atoms with van der Waals surface area (Å²) in [6.07, 6.45) is 3.55. The Hall–Kier alpha value is -2.17. The Kier molecular flexibility index (Phi) is 5.32. The van der Waals surface area contributed by atoms with Crippen LogP contribution in [0.25, 0.3) is 11.1 Å². The fourth-order valence-corrected chi connectivity index (χ4v) is 3.73. The lowest BCUT2D eigenvalue weighted by molar-refractivity contribution is 0.0930. The molecule has 1 atom stereocenters. The first-order valence-corrected chi connectivity index (χ1v) is 9.58. The molecule has 2 aromatic carbocycles. The maximum atomic E-state index is 12.3. The third kappa shape index (κ3) is 4.14. The lowest BCUT2D eigenvalue weighted by Crippen LogP contribution is -2.34. The SMILES string of the molecule is O=C(N[C@H]1CCOC1)c1ccc(-c2ccc(CN3CCCC3)cc2)cc1. The minimum absolute atomic E-state index is 0.0204. The second kappa shape index (κ2) is 8.02. The molecule has 26 heavy (non-hydrogen) atoms. The Morgan fingerprint density at radius 2 is 1.65 bits per heavy atom. The van der Waals surface area contributed by atoms with Gasteiger partial charge < -0.3 is 10.1 Å². The predicted octanol–water partition coefficient (Wildman–Crippen LogP) is 3.47. The van der Waals surface area contributed by atoms with Crippen LogP contribution in [0.4, 0.5) is 0 Å². The first-order chi connectivity index (χ1) is 12.8. The van der Waals surface area contributed by atoms with Crippen LogP contribution in [0.2, 0.25) is 0 Å². The summed E-state index contributed by atoms with van der Waals surface area (Å²) >= 11 is 0. The van der Waals surface area contributed by atoms with Gasteiger partial charge in [0.2, 0.25) is 0 Å². The first-order valence-electron chi connectivity index (χ1n) is 9.58. The fourth-order valence-electron chi connectivity index (χ4n) is 3.73. The Morgan fingerprint density at radius 1 is 1.00 bits per heavy atom. The number of benzene rings is 2. The van der Waals surface area contributed by atoms with E-state index in [0.29, 0.717) is 12.2 Å². The first kappa shape index (κ1) is 17.3. The smallest absolute Gasteiger partial charge is 0.251 e. The minimum atomic E-state index is -0.0204. The molecule has 0 bridgehead atoms. The summed E-state index contributed by atoms with van der Waals surface area (Å²) in [6.45, 7) is 4.84. The molecule has 136 valence electrons. The van der Waals surface area contributed by atoms with E-state index in [1.807, 2.05) is 24.3 Å². The number of nitrogens with zero attached hydrogens (tertiary/aromatic N) is 1. The number of hydrogen-bond acceptors (Lipinski definition) is 3. The van der Waals surface area contributed by atoms with Gasteiger partial charge in [0.05, 0.1) is 12.6 Å². The Bertz CT molecular complexity index is 728. The van der Waals surface area contributed by atoms with Crippen LogP contribution in [0.1, 0.15) is 35.2 Å². The van der Waals surface area contributed by atoms with Crippen molar-refractivity contribution in [2.45, 2.75) is 31.8 Å². The zero-order valence-corrected chi connectivity index (χ0v) is 15.1. The van der Waals surface area contributed by atoms with Gasteiger partial charge in [0.1, 0.15) is 0 Å². The van der Waals surface area contributed by atoms with Crippen molar-refractivity contribution in [2.75, 3.05) is 26.3 Å². The third-order valence-electron chi connectivity index (χ3n) is 5.30. The van der Waals surface area contributed by atoms with Gasteiger partial charge in [-0.05, 0) is 61.2 Å². The second-order valence-electron chi connectivity index (χ2n) is 7.29. The van der Waals surface area contributed by atoms with Crippen LogP contribution in [-0.4, -0.2) is 43.2 Å². The Morgan fingerprint density at radius 3 is 2.27 bits per heavy atom. The van der Waals surface area contributed by atoms with E-state index in [-0.39, 0.29) is 11.9 Å². The van der Waals surface area contributed by atoms with Crippen LogP contribution in [0.15, 0.2) is 48.5 Å². The number of hydrogen-bond donors (Lipinski definition) is 1. The molecule has 0 radical (unpaired) electrons. The molecular formula is C22H26N2O2. The lowest BCUT2D eigenvalue weighted by Gasteiger charge is -2.14. The number of likely N-dealkylation sites (tertiary alicyclic amines) is 1. The van der Waals surface area contributed by atoms with Crippen LogP contribution in [0.5, 0.6) is 0 Å². The summed E-state index contributed by atoms with van der Waals surface area (Å²) in [5, 5.41) is 3.03. The van der Waals surface area contributed by atoms with Crippen molar-refractivity contribution >= 4 is 5.91 Å². The highest BCUT2D eigenvalue weighted by Gasteiger charge is 2.18. The van der Waals surface area contributed by atoms with Gasteiger partial charge in [0, 0.05) is 18.7 Å². The molecule has 0 aliphatic carbocycles. The molecule has 2 aliphatic rings. The van der Waals surface area contributed by atoms with E-state index in [1.54, 1.807) is 0 Å². The summed E-state index contributed by atoms with van der Waals surface area (Å²) in [4.78, 5) is 14.8. The van der Waals surface area contributed by atoms with E-state index < -0.39 is 0 Å². The van der Waals surface area contributed by atoms with Gasteiger partial charge in [-0.2, -0.15) is 0 Å². The quantitative estimate of drug-likeness (QED) is 0.898. The molecule has 0 saturated carbocycles. The Labute approximate surface area is 155 Å². The van der Waals surface area contributed by atoms with Gasteiger partial charge in [-0.15, -0.1) is 0 Å². The molecular weight excluding hydrogens is 324 g/mol. The number of amides is 1. The van der Waals surface area contributed by atoms with Crippen molar-refractivity contribution in [2.24, 2.45) is 0 Å². The molecule has 4 heteroatoms. The number of ether oxygens (including phenoxy) is 1. The van der Waals surface area contributed by atoms with Gasteiger partial charge in [0.25, 0.3) is 5.91 Å². The number of carbonyl (C=O) groups excluding carboxylic acids is 1. The summed E-state index contributed by atoms with van der Waals surface area (Å²) < 4.78 is 5.30. The number of rotatable bonds is 5. The van der Waals surface area contributed by atoms with E-state index in [9.17, 15) is 4.79 Å². The lowest BCUT2D eigenvalue weighted by atomic mass is 10.0. The molecule has 0 aromatic heterocycles. The zero-order valence-electron chi connectivity index (χ0n) is 15.1. The van der Waals surface area contributed by atoms with Crippen molar-refractivity contribution in [3.8, 4) is 11.1 Å². The van der Waals surface area contributed by atoms with Crippen LogP contribution >= 0.6 is 0 Å². The van der Waals surface area contributed by atoms with E-state index in [4.69, 9.17) is 4.74 Å². The average Bonchev–Trinajstić information content (AvgIpc) is 3.37. The highest BCUT2D eigenvalue weighted by Crippen LogP contribution is 2.22. The van der Waals surface area contributed by atoms with Crippen molar-refractivity contribution in [3.63, 3.8) is 0 Å². The second-order valence-corrected chi connectivity index (χ2v) is 7.29. The van der Waals surface area contributed by atoms with Crippen LogP contribution < -0.4 is 5.32 Å². The monoisotopic (exact) mass is 350 g/mol. The molecule has 2 heterocycles. The average molecular weight is 350 g/mol. The summed E-state index contributed by atoms with van der Waals surface area (Å²) in [5.41, 5.74) is 4.39. The maximum Gasteiger partial charge on any atom is 0.251 e. The van der Waals surface area contributed by atoms with Crippen molar-refractivity contribution in [1.82, 2.24) is 10.2 Å². The van der Waals surface area contributed by atoms with Crippen molar-refractivity contribution in [1.29, 1.82) is 0 Å². The summed E-state index contributed by atoms with van der Waals surface area (Å²) in [6, 6.07) is 16.8. The maximum absolute atomic E-state index is 12.3. The van der Waals surface area contributed by atoms with Crippen LogP contribution in [0.3, 0.4) is 0 Å². The number of carbonyl (C=O) groups is 1. The molecule has 0 spiro atoms. The van der Waals surface area contributed by atoms with Crippen LogP contribution in [0, 0.1) is 0 Å². The van der Waals surface area contributed by atoms with Crippen molar-refractivity contribution < 1.29 is 9.53 Å². The van der Waals surface area contributed by atoms with Gasteiger partial charge >= 0.3 is 0 Å². The normalized spacial score (nSPS) is 20.4. The van der Waals surface area contributed by atoms with Crippen molar-refractivity contribution in [3.05, 3.63) is 59.7 Å².